The molecule has 24 heavy (non-hydrogen) atoms. The Morgan fingerprint density at radius 3 is 2.54 bits per heavy atom. The summed E-state index contributed by atoms with van der Waals surface area (Å²) in [4.78, 5) is 24.1. The largest absolute Gasteiger partial charge is 0.449 e. The lowest BCUT2D eigenvalue weighted by atomic mass is 10.2. The zero-order valence-electron chi connectivity index (χ0n) is 13.2. The summed E-state index contributed by atoms with van der Waals surface area (Å²) in [7, 11) is 0. The number of hydrogen-bond donors (Lipinski definition) is 1. The number of rotatable bonds is 5. The number of hydrogen-bond acceptors (Lipinski definition) is 4. The summed E-state index contributed by atoms with van der Waals surface area (Å²) in [6, 6.07) is 18.4. The SMILES string of the molecule is C[C@@H](OC(=O)c1cc2ccccc2o1)C(=O)NCc1ccccc1. The van der Waals surface area contributed by atoms with Crippen LogP contribution in [0.2, 0.25) is 0 Å². The molecule has 1 N–H and O–H groups in total. The standard InChI is InChI=1S/C19H17NO4/c1-13(18(21)20-12-14-7-3-2-4-8-14)23-19(22)17-11-15-9-5-6-10-16(15)24-17/h2-11,13H,12H2,1H3,(H,20,21)/t13-/m1/s1. The average Bonchev–Trinajstić information content (AvgIpc) is 3.04. The fraction of sp³-hybridized carbons (Fsp3) is 0.158. The minimum Gasteiger partial charge on any atom is -0.449 e. The first-order valence-corrected chi connectivity index (χ1v) is 7.64. The number of fused-ring (bicyclic) bond motifs is 1. The van der Waals surface area contributed by atoms with Crippen molar-refractivity contribution in [3.8, 4) is 0 Å². The van der Waals surface area contributed by atoms with Crippen LogP contribution in [-0.2, 0) is 16.1 Å². The molecule has 1 heterocycles. The van der Waals surface area contributed by atoms with Crippen LogP contribution in [0.1, 0.15) is 23.0 Å². The van der Waals surface area contributed by atoms with Crippen molar-refractivity contribution in [2.75, 3.05) is 0 Å². The summed E-state index contributed by atoms with van der Waals surface area (Å²) in [5.74, 6) is -0.934. The minimum absolute atomic E-state index is 0.0823. The third-order valence-corrected chi connectivity index (χ3v) is 3.59. The van der Waals surface area contributed by atoms with Crippen molar-refractivity contribution in [2.24, 2.45) is 0 Å². The van der Waals surface area contributed by atoms with E-state index in [0.717, 1.165) is 10.9 Å². The molecule has 0 aliphatic heterocycles. The molecule has 2 aromatic carbocycles. The topological polar surface area (TPSA) is 68.5 Å². The lowest BCUT2D eigenvalue weighted by Gasteiger charge is -2.12. The van der Waals surface area contributed by atoms with Crippen molar-refractivity contribution < 1.29 is 18.7 Å². The van der Waals surface area contributed by atoms with Crippen molar-refractivity contribution in [1.82, 2.24) is 5.32 Å². The molecule has 0 spiro atoms. The van der Waals surface area contributed by atoms with Gasteiger partial charge < -0.3 is 14.5 Å². The molecule has 0 saturated heterocycles. The number of esters is 1. The molecule has 0 fully saturated rings. The molecule has 0 aliphatic rings. The molecule has 1 aromatic heterocycles. The molecule has 0 saturated carbocycles. The van der Waals surface area contributed by atoms with E-state index >= 15 is 0 Å². The Labute approximate surface area is 139 Å². The van der Waals surface area contributed by atoms with Gasteiger partial charge in [0.05, 0.1) is 0 Å². The Balaban J connectivity index is 1.58. The van der Waals surface area contributed by atoms with Crippen molar-refractivity contribution in [3.63, 3.8) is 0 Å². The van der Waals surface area contributed by atoms with Crippen molar-refractivity contribution >= 4 is 22.8 Å². The van der Waals surface area contributed by atoms with Crippen LogP contribution in [0.4, 0.5) is 0 Å². The predicted molar refractivity (Wildman–Crippen MR) is 89.4 cm³/mol. The van der Waals surface area contributed by atoms with E-state index in [-0.39, 0.29) is 11.7 Å². The number of carbonyl (C=O) groups is 2. The van der Waals surface area contributed by atoms with Crippen LogP contribution in [0.25, 0.3) is 11.0 Å². The summed E-state index contributed by atoms with van der Waals surface area (Å²) in [6.45, 7) is 1.91. The van der Waals surface area contributed by atoms with Gasteiger partial charge in [0.25, 0.3) is 5.91 Å². The molecular weight excluding hydrogens is 306 g/mol. The zero-order chi connectivity index (χ0) is 16.9. The van der Waals surface area contributed by atoms with Crippen LogP contribution >= 0.6 is 0 Å². The second kappa shape index (κ2) is 7.00. The first kappa shape index (κ1) is 15.8. The molecule has 3 aromatic rings. The van der Waals surface area contributed by atoms with Gasteiger partial charge in [0, 0.05) is 11.9 Å². The number of nitrogens with one attached hydrogen (secondary N) is 1. The van der Waals surface area contributed by atoms with E-state index in [4.69, 9.17) is 9.15 Å². The van der Waals surface area contributed by atoms with Crippen LogP contribution < -0.4 is 5.32 Å². The summed E-state index contributed by atoms with van der Waals surface area (Å²) in [5.41, 5.74) is 1.58. The molecule has 0 unspecified atom stereocenters. The highest BCUT2D eigenvalue weighted by atomic mass is 16.6. The summed E-state index contributed by atoms with van der Waals surface area (Å²) < 4.78 is 10.6. The number of benzene rings is 2. The molecular formula is C19H17NO4. The molecule has 1 amide bonds. The van der Waals surface area contributed by atoms with Gasteiger partial charge in [-0.25, -0.2) is 4.79 Å². The Morgan fingerprint density at radius 1 is 1.08 bits per heavy atom. The monoisotopic (exact) mass is 323 g/mol. The highest BCUT2D eigenvalue weighted by Gasteiger charge is 2.21. The minimum atomic E-state index is -0.908. The van der Waals surface area contributed by atoms with E-state index in [1.165, 1.54) is 6.92 Å². The van der Waals surface area contributed by atoms with Crippen LogP contribution in [-0.4, -0.2) is 18.0 Å². The summed E-state index contributed by atoms with van der Waals surface area (Å²) >= 11 is 0. The first-order chi connectivity index (χ1) is 11.6. The summed E-state index contributed by atoms with van der Waals surface area (Å²) in [5, 5.41) is 3.55. The highest BCUT2D eigenvalue weighted by molar-refractivity contribution is 5.94. The molecule has 3 rings (SSSR count). The fourth-order valence-electron chi connectivity index (χ4n) is 2.28. The molecule has 0 radical (unpaired) electrons. The van der Waals surface area contributed by atoms with E-state index in [1.54, 1.807) is 12.1 Å². The molecule has 0 bridgehead atoms. The number of carbonyl (C=O) groups excluding carboxylic acids is 2. The number of furan rings is 1. The van der Waals surface area contributed by atoms with Gasteiger partial charge in [0.2, 0.25) is 5.76 Å². The number of ether oxygens (including phenoxy) is 1. The molecule has 122 valence electrons. The molecule has 5 nitrogen and oxygen atoms in total. The van der Waals surface area contributed by atoms with E-state index < -0.39 is 12.1 Å². The maximum absolute atomic E-state index is 12.1. The zero-order valence-corrected chi connectivity index (χ0v) is 13.2. The Kier molecular flexibility index (Phi) is 4.61. The van der Waals surface area contributed by atoms with Crippen molar-refractivity contribution in [1.29, 1.82) is 0 Å². The molecule has 5 heteroatoms. The second-order valence-corrected chi connectivity index (χ2v) is 5.40. The van der Waals surface area contributed by atoms with E-state index in [0.29, 0.717) is 12.1 Å². The third kappa shape index (κ3) is 3.63. The van der Waals surface area contributed by atoms with Crippen LogP contribution in [0.15, 0.2) is 65.1 Å². The van der Waals surface area contributed by atoms with E-state index in [2.05, 4.69) is 5.32 Å². The van der Waals surface area contributed by atoms with Crippen molar-refractivity contribution in [2.45, 2.75) is 19.6 Å². The van der Waals surface area contributed by atoms with E-state index in [9.17, 15) is 9.59 Å². The van der Waals surface area contributed by atoms with Gasteiger partial charge in [-0.05, 0) is 24.6 Å². The van der Waals surface area contributed by atoms with Gasteiger partial charge in [-0.2, -0.15) is 0 Å². The molecule has 0 aliphatic carbocycles. The Hall–Kier alpha value is -3.08. The fourth-order valence-corrected chi connectivity index (χ4v) is 2.28. The lowest BCUT2D eigenvalue weighted by molar-refractivity contribution is -0.129. The maximum Gasteiger partial charge on any atom is 0.375 e. The summed E-state index contributed by atoms with van der Waals surface area (Å²) in [6.07, 6.45) is -0.908. The lowest BCUT2D eigenvalue weighted by Crippen LogP contribution is -2.35. The Bertz CT molecular complexity index is 821. The Morgan fingerprint density at radius 2 is 1.79 bits per heavy atom. The molecule has 1 atom stereocenters. The highest BCUT2D eigenvalue weighted by Crippen LogP contribution is 2.19. The van der Waals surface area contributed by atoms with E-state index in [1.807, 2.05) is 48.5 Å². The van der Waals surface area contributed by atoms with Gasteiger partial charge in [-0.15, -0.1) is 0 Å². The first-order valence-electron chi connectivity index (χ1n) is 7.64. The van der Waals surface area contributed by atoms with Gasteiger partial charge in [0.15, 0.2) is 6.10 Å². The smallest absolute Gasteiger partial charge is 0.375 e. The number of amides is 1. The van der Waals surface area contributed by atoms with Gasteiger partial charge >= 0.3 is 5.97 Å². The van der Waals surface area contributed by atoms with Gasteiger partial charge in [-0.3, -0.25) is 4.79 Å². The average molecular weight is 323 g/mol. The van der Waals surface area contributed by atoms with Crippen LogP contribution in [0.5, 0.6) is 0 Å². The maximum atomic E-state index is 12.1. The van der Waals surface area contributed by atoms with Crippen molar-refractivity contribution in [3.05, 3.63) is 72.0 Å². The van der Waals surface area contributed by atoms with Gasteiger partial charge in [-0.1, -0.05) is 48.5 Å². The predicted octanol–water partition coefficient (Wildman–Crippen LogP) is 3.29. The third-order valence-electron chi connectivity index (χ3n) is 3.59. The van der Waals surface area contributed by atoms with Crippen LogP contribution in [0.3, 0.4) is 0 Å². The van der Waals surface area contributed by atoms with Gasteiger partial charge in [0.1, 0.15) is 5.58 Å². The second-order valence-electron chi connectivity index (χ2n) is 5.40. The quantitative estimate of drug-likeness (QED) is 0.732. The normalized spacial score (nSPS) is 11.9. The van der Waals surface area contributed by atoms with Crippen LogP contribution in [0, 0.1) is 0 Å². The number of para-hydroxylation sites is 1.